The summed E-state index contributed by atoms with van der Waals surface area (Å²) in [7, 11) is 0. The molecular weight excluding hydrogens is 220 g/mol. The summed E-state index contributed by atoms with van der Waals surface area (Å²) in [5, 5.41) is 13.2. The van der Waals surface area contributed by atoms with E-state index >= 15 is 0 Å². The normalized spacial score (nSPS) is 23.6. The number of aryl methyl sites for hydroxylation is 2. The van der Waals surface area contributed by atoms with Crippen LogP contribution >= 0.6 is 0 Å². The summed E-state index contributed by atoms with van der Waals surface area (Å²) >= 11 is 0. The maximum atomic E-state index is 10.3. The Bertz CT molecular complexity index is 667. The van der Waals surface area contributed by atoms with Crippen LogP contribution in [0.5, 0.6) is 0 Å². The fourth-order valence-corrected chi connectivity index (χ4v) is 4.06. The van der Waals surface area contributed by atoms with Gasteiger partial charge in [0.25, 0.3) is 0 Å². The fourth-order valence-electron chi connectivity index (χ4n) is 4.06. The van der Waals surface area contributed by atoms with E-state index in [2.05, 4.69) is 38.1 Å². The van der Waals surface area contributed by atoms with Gasteiger partial charge in [0.05, 0.1) is 6.10 Å². The Hall–Kier alpha value is -1.34. The number of rotatable bonds is 0. The first-order chi connectivity index (χ1) is 8.58. The van der Waals surface area contributed by atoms with Gasteiger partial charge in [-0.25, -0.2) is 0 Å². The topological polar surface area (TPSA) is 20.2 Å². The van der Waals surface area contributed by atoms with E-state index in [4.69, 9.17) is 0 Å². The van der Waals surface area contributed by atoms with Crippen molar-refractivity contribution in [3.63, 3.8) is 0 Å². The number of aliphatic hydroxyl groups excluding tert-OH is 1. The Kier molecular flexibility index (Phi) is 1.85. The van der Waals surface area contributed by atoms with Crippen molar-refractivity contribution >= 4 is 10.8 Å². The zero-order valence-electron chi connectivity index (χ0n) is 11.0. The molecule has 0 aromatic heterocycles. The number of hydrogen-bond acceptors (Lipinski definition) is 1. The maximum Gasteiger partial charge on any atom is 0.0801 e. The maximum absolute atomic E-state index is 10.3. The molecule has 2 aliphatic rings. The Morgan fingerprint density at radius 3 is 2.78 bits per heavy atom. The Balaban J connectivity index is 2.20. The molecule has 0 radical (unpaired) electrons. The number of benzene rings is 2. The summed E-state index contributed by atoms with van der Waals surface area (Å²) in [4.78, 5) is 0. The first-order valence-corrected chi connectivity index (χ1v) is 6.84. The summed E-state index contributed by atoms with van der Waals surface area (Å²) in [6.07, 6.45) is 2.87. The third kappa shape index (κ3) is 1.16. The molecule has 2 aliphatic carbocycles. The van der Waals surface area contributed by atoms with Crippen molar-refractivity contribution in [2.75, 3.05) is 0 Å². The van der Waals surface area contributed by atoms with Crippen molar-refractivity contribution in [2.45, 2.75) is 44.6 Å². The first kappa shape index (κ1) is 10.6. The van der Waals surface area contributed by atoms with E-state index in [1.165, 1.54) is 33.0 Å². The van der Waals surface area contributed by atoms with Gasteiger partial charge in [-0.3, -0.25) is 0 Å². The first-order valence-electron chi connectivity index (χ1n) is 6.84. The van der Waals surface area contributed by atoms with Gasteiger partial charge in [-0.1, -0.05) is 38.1 Å². The van der Waals surface area contributed by atoms with Gasteiger partial charge in [0.1, 0.15) is 0 Å². The van der Waals surface area contributed by atoms with E-state index in [0.717, 1.165) is 19.3 Å². The third-order valence-corrected chi connectivity index (χ3v) is 4.76. The number of hydrogen-bond donors (Lipinski definition) is 1. The standard InChI is InChI=1S/C17H18O/c1-17(2)9-14(18)13-8-11-7-6-10-4-3-5-12(15(10)11)16(13)17/h3-5,8,14,18H,6-7,9H2,1-2H3/t14-/m1/s1. The molecule has 0 unspecified atom stereocenters. The smallest absolute Gasteiger partial charge is 0.0801 e. The van der Waals surface area contributed by atoms with Crippen molar-refractivity contribution in [3.8, 4) is 0 Å². The molecule has 2 aromatic carbocycles. The molecule has 2 aromatic rings. The van der Waals surface area contributed by atoms with Crippen LogP contribution in [-0.2, 0) is 18.3 Å². The predicted molar refractivity (Wildman–Crippen MR) is 74.0 cm³/mol. The predicted octanol–water partition coefficient (Wildman–Crippen LogP) is 3.65. The lowest BCUT2D eigenvalue weighted by atomic mass is 9.83. The highest BCUT2D eigenvalue weighted by molar-refractivity contribution is 5.95. The zero-order valence-corrected chi connectivity index (χ0v) is 11.0. The van der Waals surface area contributed by atoms with Crippen molar-refractivity contribution in [1.29, 1.82) is 0 Å². The molecule has 0 bridgehead atoms. The summed E-state index contributed by atoms with van der Waals surface area (Å²) in [6.45, 7) is 4.51. The van der Waals surface area contributed by atoms with Gasteiger partial charge in [-0.2, -0.15) is 0 Å². The second-order valence-electron chi connectivity index (χ2n) is 6.44. The van der Waals surface area contributed by atoms with Crippen LogP contribution in [0.15, 0.2) is 24.3 Å². The lowest BCUT2D eigenvalue weighted by Gasteiger charge is -2.21. The molecule has 0 heterocycles. The van der Waals surface area contributed by atoms with Crippen molar-refractivity contribution in [3.05, 3.63) is 46.5 Å². The van der Waals surface area contributed by atoms with Gasteiger partial charge >= 0.3 is 0 Å². The average molecular weight is 238 g/mol. The zero-order chi connectivity index (χ0) is 12.5. The molecule has 4 rings (SSSR count). The fraction of sp³-hybridized carbons (Fsp3) is 0.412. The Morgan fingerprint density at radius 2 is 1.94 bits per heavy atom. The van der Waals surface area contributed by atoms with Crippen LogP contribution in [-0.4, -0.2) is 5.11 Å². The van der Waals surface area contributed by atoms with E-state index in [-0.39, 0.29) is 11.5 Å². The van der Waals surface area contributed by atoms with E-state index in [1.807, 2.05) is 0 Å². The molecule has 18 heavy (non-hydrogen) atoms. The average Bonchev–Trinajstić information content (AvgIpc) is 2.82. The largest absolute Gasteiger partial charge is 0.388 e. The number of fused-ring (bicyclic) bond motifs is 2. The minimum Gasteiger partial charge on any atom is -0.388 e. The minimum absolute atomic E-state index is 0.0918. The van der Waals surface area contributed by atoms with Crippen LogP contribution in [0.4, 0.5) is 0 Å². The summed E-state index contributed by atoms with van der Waals surface area (Å²) in [6, 6.07) is 8.94. The summed E-state index contributed by atoms with van der Waals surface area (Å²) < 4.78 is 0. The van der Waals surface area contributed by atoms with Crippen LogP contribution in [0.3, 0.4) is 0 Å². The molecule has 92 valence electrons. The summed E-state index contributed by atoms with van der Waals surface area (Å²) in [5.74, 6) is 0. The molecule has 0 fully saturated rings. The van der Waals surface area contributed by atoms with E-state index in [0.29, 0.717) is 0 Å². The van der Waals surface area contributed by atoms with Crippen LogP contribution < -0.4 is 0 Å². The van der Waals surface area contributed by atoms with Gasteiger partial charge < -0.3 is 5.11 Å². The van der Waals surface area contributed by atoms with Gasteiger partial charge in [0.15, 0.2) is 0 Å². The van der Waals surface area contributed by atoms with Gasteiger partial charge in [0.2, 0.25) is 0 Å². The van der Waals surface area contributed by atoms with Crippen molar-refractivity contribution in [1.82, 2.24) is 0 Å². The molecule has 1 nitrogen and oxygen atoms in total. The monoisotopic (exact) mass is 238 g/mol. The highest BCUT2D eigenvalue weighted by atomic mass is 16.3. The molecule has 0 amide bonds. The molecule has 0 saturated carbocycles. The number of aliphatic hydroxyl groups is 1. The highest BCUT2D eigenvalue weighted by Crippen LogP contribution is 2.50. The van der Waals surface area contributed by atoms with Crippen LogP contribution in [0.1, 0.15) is 48.6 Å². The Morgan fingerprint density at radius 1 is 1.17 bits per heavy atom. The molecule has 0 saturated heterocycles. The third-order valence-electron chi connectivity index (χ3n) is 4.76. The molecule has 1 heteroatoms. The van der Waals surface area contributed by atoms with E-state index in [9.17, 15) is 5.11 Å². The van der Waals surface area contributed by atoms with Gasteiger partial charge in [0, 0.05) is 0 Å². The van der Waals surface area contributed by atoms with Crippen LogP contribution in [0, 0.1) is 0 Å². The lowest BCUT2D eigenvalue weighted by Crippen LogP contribution is -2.13. The highest BCUT2D eigenvalue weighted by Gasteiger charge is 2.38. The van der Waals surface area contributed by atoms with Gasteiger partial charge in [-0.15, -0.1) is 0 Å². The minimum atomic E-state index is -0.278. The second-order valence-corrected chi connectivity index (χ2v) is 6.44. The lowest BCUT2D eigenvalue weighted by molar-refractivity contribution is 0.161. The van der Waals surface area contributed by atoms with Crippen molar-refractivity contribution < 1.29 is 5.11 Å². The molecule has 1 atom stereocenters. The van der Waals surface area contributed by atoms with Crippen molar-refractivity contribution in [2.24, 2.45) is 0 Å². The Labute approximate surface area is 107 Å². The van der Waals surface area contributed by atoms with E-state index < -0.39 is 0 Å². The van der Waals surface area contributed by atoms with Crippen LogP contribution in [0.25, 0.3) is 10.8 Å². The van der Waals surface area contributed by atoms with Gasteiger partial charge in [-0.05, 0) is 57.7 Å². The molecule has 0 aliphatic heterocycles. The molecule has 0 spiro atoms. The molecular formula is C17H18O. The molecule has 1 N–H and O–H groups in total. The SMILES string of the molecule is CC1(C)C[C@@H](O)c2cc3c4c(cccc4c21)CC3. The quantitative estimate of drug-likeness (QED) is 0.742. The summed E-state index contributed by atoms with van der Waals surface area (Å²) in [5.41, 5.74) is 5.59. The van der Waals surface area contributed by atoms with E-state index in [1.54, 1.807) is 0 Å². The second kappa shape index (κ2) is 3.16. The van der Waals surface area contributed by atoms with Crippen LogP contribution in [0.2, 0.25) is 0 Å².